The van der Waals surface area contributed by atoms with Crippen LogP contribution >= 0.6 is 23.2 Å². The molecule has 0 saturated carbocycles. The van der Waals surface area contributed by atoms with Gasteiger partial charge in [0.15, 0.2) is 0 Å². The van der Waals surface area contributed by atoms with E-state index < -0.39 is 10.0 Å². The maximum atomic E-state index is 11.9. The van der Waals surface area contributed by atoms with Crippen molar-refractivity contribution in [1.29, 1.82) is 0 Å². The maximum absolute atomic E-state index is 11.9. The molecule has 0 fully saturated rings. The molecule has 1 aromatic carbocycles. The molecule has 2 rings (SSSR count). The minimum atomic E-state index is -3.70. The highest BCUT2D eigenvalue weighted by Gasteiger charge is 2.09. The molecule has 0 aliphatic heterocycles. The molecule has 104 valence electrons. The van der Waals surface area contributed by atoms with Gasteiger partial charge < -0.3 is 0 Å². The third-order valence-corrected chi connectivity index (χ3v) is 3.50. The highest BCUT2D eigenvalue weighted by molar-refractivity contribution is 7.95. The maximum Gasteiger partial charge on any atom is 0.256 e. The van der Waals surface area contributed by atoms with E-state index in [9.17, 15) is 8.42 Å². The molecule has 0 radical (unpaired) electrons. The molecule has 1 aromatic heterocycles. The van der Waals surface area contributed by atoms with Gasteiger partial charge in [0.25, 0.3) is 10.0 Å². The SMILES string of the molecule is O=S(=O)(/C=C/c1ccccc1)Nc1cc(Cl)nc(Cl)n1. The number of rotatable bonds is 4. The van der Waals surface area contributed by atoms with Crippen LogP contribution in [0.3, 0.4) is 0 Å². The number of anilines is 1. The fourth-order valence-corrected chi connectivity index (χ4v) is 2.56. The van der Waals surface area contributed by atoms with Crippen molar-refractivity contribution in [1.82, 2.24) is 9.97 Å². The molecule has 0 saturated heterocycles. The first kappa shape index (κ1) is 14.8. The molecule has 5 nitrogen and oxygen atoms in total. The number of hydrogen-bond acceptors (Lipinski definition) is 4. The Hall–Kier alpha value is -1.63. The lowest BCUT2D eigenvalue weighted by Gasteiger charge is -2.03. The number of nitrogens with one attached hydrogen (secondary N) is 1. The summed E-state index contributed by atoms with van der Waals surface area (Å²) < 4.78 is 25.9. The van der Waals surface area contributed by atoms with Gasteiger partial charge >= 0.3 is 0 Å². The van der Waals surface area contributed by atoms with Crippen LogP contribution in [0.15, 0.2) is 41.8 Å². The van der Waals surface area contributed by atoms with Crippen molar-refractivity contribution in [2.45, 2.75) is 0 Å². The monoisotopic (exact) mass is 329 g/mol. The molecule has 1 N–H and O–H groups in total. The first-order valence-corrected chi connectivity index (χ1v) is 7.71. The highest BCUT2D eigenvalue weighted by Crippen LogP contribution is 2.16. The number of aromatic nitrogens is 2. The molecular formula is C12H9Cl2N3O2S. The molecule has 2 aromatic rings. The largest absolute Gasteiger partial charge is 0.264 e. The van der Waals surface area contributed by atoms with E-state index in [0.29, 0.717) is 0 Å². The van der Waals surface area contributed by atoms with Crippen molar-refractivity contribution in [3.05, 3.63) is 57.8 Å². The molecule has 0 aliphatic rings. The standard InChI is InChI=1S/C12H9Cl2N3O2S/c13-10-8-11(16-12(14)15-10)17-20(18,19)7-6-9-4-2-1-3-5-9/h1-8H,(H,15,16,17)/b7-6+. The van der Waals surface area contributed by atoms with E-state index in [1.165, 1.54) is 12.1 Å². The second-order valence-electron chi connectivity index (χ2n) is 3.71. The van der Waals surface area contributed by atoms with E-state index in [2.05, 4.69) is 14.7 Å². The molecule has 0 atom stereocenters. The lowest BCUT2D eigenvalue weighted by molar-refractivity contribution is 0.609. The molecule has 0 bridgehead atoms. The molecule has 0 unspecified atom stereocenters. The quantitative estimate of drug-likeness (QED) is 0.690. The van der Waals surface area contributed by atoms with E-state index in [4.69, 9.17) is 23.2 Å². The van der Waals surface area contributed by atoms with Crippen LogP contribution < -0.4 is 4.72 Å². The zero-order valence-electron chi connectivity index (χ0n) is 9.99. The van der Waals surface area contributed by atoms with Crippen LogP contribution in [0.2, 0.25) is 10.4 Å². The normalized spacial score (nSPS) is 11.7. The zero-order valence-corrected chi connectivity index (χ0v) is 12.3. The Kier molecular flexibility index (Phi) is 4.59. The van der Waals surface area contributed by atoms with Gasteiger partial charge in [-0.2, -0.15) is 4.98 Å². The van der Waals surface area contributed by atoms with E-state index >= 15 is 0 Å². The van der Waals surface area contributed by atoms with Crippen molar-refractivity contribution in [2.24, 2.45) is 0 Å². The number of halogens is 2. The molecule has 0 amide bonds. The molecule has 0 spiro atoms. The second kappa shape index (κ2) is 6.21. The van der Waals surface area contributed by atoms with Gasteiger partial charge in [-0.3, -0.25) is 4.72 Å². The molecule has 0 aliphatic carbocycles. The van der Waals surface area contributed by atoms with Crippen molar-refractivity contribution in [2.75, 3.05) is 4.72 Å². The number of nitrogens with zero attached hydrogens (tertiary/aromatic N) is 2. The lowest BCUT2D eigenvalue weighted by atomic mass is 10.2. The van der Waals surface area contributed by atoms with Crippen LogP contribution in [0.4, 0.5) is 5.82 Å². The summed E-state index contributed by atoms with van der Waals surface area (Å²) in [6, 6.07) is 10.3. The fourth-order valence-electron chi connectivity index (χ4n) is 1.35. The molecule has 1 heterocycles. The average Bonchev–Trinajstić information content (AvgIpc) is 2.36. The summed E-state index contributed by atoms with van der Waals surface area (Å²) >= 11 is 11.3. The third kappa shape index (κ3) is 4.48. The van der Waals surface area contributed by atoms with Gasteiger partial charge in [0, 0.05) is 6.07 Å². The highest BCUT2D eigenvalue weighted by atomic mass is 35.5. The number of sulfonamides is 1. The van der Waals surface area contributed by atoms with Gasteiger partial charge in [-0.1, -0.05) is 41.9 Å². The van der Waals surface area contributed by atoms with E-state index in [0.717, 1.165) is 11.0 Å². The van der Waals surface area contributed by atoms with Gasteiger partial charge in [-0.15, -0.1) is 0 Å². The minimum Gasteiger partial charge on any atom is -0.264 e. The second-order valence-corrected chi connectivity index (χ2v) is 6.00. The van der Waals surface area contributed by atoms with E-state index in [-0.39, 0.29) is 16.3 Å². The van der Waals surface area contributed by atoms with Crippen LogP contribution in [0, 0.1) is 0 Å². The average molecular weight is 330 g/mol. The van der Waals surface area contributed by atoms with Gasteiger partial charge in [0.1, 0.15) is 11.0 Å². The Labute approximate surface area is 126 Å². The molecular weight excluding hydrogens is 321 g/mol. The Morgan fingerprint density at radius 3 is 2.45 bits per heavy atom. The Balaban J connectivity index is 2.17. The Morgan fingerprint density at radius 2 is 1.80 bits per heavy atom. The van der Waals surface area contributed by atoms with Gasteiger partial charge in [0.2, 0.25) is 5.28 Å². The minimum absolute atomic E-state index is 0.00714. The predicted molar refractivity (Wildman–Crippen MR) is 80.1 cm³/mol. The first-order valence-electron chi connectivity index (χ1n) is 5.41. The first-order chi connectivity index (χ1) is 9.44. The summed E-state index contributed by atoms with van der Waals surface area (Å²) in [6.45, 7) is 0. The van der Waals surface area contributed by atoms with Gasteiger partial charge in [-0.05, 0) is 23.2 Å². The summed E-state index contributed by atoms with van der Waals surface area (Å²) in [4.78, 5) is 7.34. The summed E-state index contributed by atoms with van der Waals surface area (Å²) in [5, 5.41) is 0.948. The van der Waals surface area contributed by atoms with E-state index in [1.807, 2.05) is 18.2 Å². The van der Waals surface area contributed by atoms with Crippen molar-refractivity contribution >= 4 is 45.1 Å². The zero-order chi connectivity index (χ0) is 14.6. The summed E-state index contributed by atoms with van der Waals surface area (Å²) in [5.41, 5.74) is 0.761. The Morgan fingerprint density at radius 1 is 1.10 bits per heavy atom. The third-order valence-electron chi connectivity index (χ3n) is 2.15. The number of hydrogen-bond donors (Lipinski definition) is 1. The van der Waals surface area contributed by atoms with Crippen LogP contribution in [0.1, 0.15) is 5.56 Å². The molecule has 8 heteroatoms. The lowest BCUT2D eigenvalue weighted by Crippen LogP contribution is -2.10. The number of benzene rings is 1. The van der Waals surface area contributed by atoms with Crippen molar-refractivity contribution in [3.8, 4) is 0 Å². The van der Waals surface area contributed by atoms with Crippen LogP contribution in [-0.4, -0.2) is 18.4 Å². The topological polar surface area (TPSA) is 72.0 Å². The predicted octanol–water partition coefficient (Wildman–Crippen LogP) is 3.20. The van der Waals surface area contributed by atoms with Crippen LogP contribution in [0.5, 0.6) is 0 Å². The molecule has 20 heavy (non-hydrogen) atoms. The smallest absolute Gasteiger partial charge is 0.256 e. The fraction of sp³-hybridized carbons (Fsp3) is 0. The van der Waals surface area contributed by atoms with Crippen LogP contribution in [-0.2, 0) is 10.0 Å². The van der Waals surface area contributed by atoms with Crippen molar-refractivity contribution < 1.29 is 8.42 Å². The van der Waals surface area contributed by atoms with Crippen molar-refractivity contribution in [3.63, 3.8) is 0 Å². The van der Waals surface area contributed by atoms with Gasteiger partial charge in [0.05, 0.1) is 5.41 Å². The van der Waals surface area contributed by atoms with E-state index in [1.54, 1.807) is 12.1 Å². The summed E-state index contributed by atoms with van der Waals surface area (Å²) in [6.07, 6.45) is 1.47. The summed E-state index contributed by atoms with van der Waals surface area (Å²) in [7, 11) is -3.70. The summed E-state index contributed by atoms with van der Waals surface area (Å²) in [5.74, 6) is 0.00714. The Bertz CT molecular complexity index is 713. The van der Waals surface area contributed by atoms with Crippen LogP contribution in [0.25, 0.3) is 6.08 Å². The van der Waals surface area contributed by atoms with Gasteiger partial charge in [-0.25, -0.2) is 13.4 Å².